The molecule has 1 aliphatic heterocycles. The zero-order valence-corrected chi connectivity index (χ0v) is 6.46. The van der Waals surface area contributed by atoms with Crippen LogP contribution in [0.3, 0.4) is 0 Å². The van der Waals surface area contributed by atoms with Crippen molar-refractivity contribution in [1.82, 2.24) is 0 Å². The van der Waals surface area contributed by atoms with Gasteiger partial charge >= 0.3 is 0 Å². The molecule has 0 spiro atoms. The van der Waals surface area contributed by atoms with E-state index in [9.17, 15) is 5.11 Å². The Hall–Kier alpha value is -1.18. The van der Waals surface area contributed by atoms with Crippen LogP contribution in [-0.2, 0) is 6.42 Å². The third-order valence-corrected chi connectivity index (χ3v) is 2.05. The molecule has 0 fully saturated rings. The van der Waals surface area contributed by atoms with E-state index in [0.29, 0.717) is 11.8 Å². The van der Waals surface area contributed by atoms with E-state index in [1.807, 2.05) is 12.1 Å². The molecule has 1 unspecified atom stereocenters. The van der Waals surface area contributed by atoms with Gasteiger partial charge in [-0.3, -0.25) is 0 Å². The molecule has 1 heterocycles. The van der Waals surface area contributed by atoms with Crippen molar-refractivity contribution in [3.8, 4) is 5.75 Å². The molecule has 2 nitrogen and oxygen atoms in total. The number of para-hydroxylation sites is 1. The van der Waals surface area contributed by atoms with E-state index in [2.05, 4.69) is 12.2 Å². The molecule has 1 atom stereocenters. The molecule has 1 aromatic rings. The summed E-state index contributed by atoms with van der Waals surface area (Å²) in [5.41, 5.74) is 2.14. The molecule has 2 rings (SSSR count). The van der Waals surface area contributed by atoms with E-state index in [1.54, 1.807) is 6.07 Å². The Balaban J connectivity index is 2.49. The summed E-state index contributed by atoms with van der Waals surface area (Å²) in [5.74, 6) is 0.367. The summed E-state index contributed by atoms with van der Waals surface area (Å²) in [5, 5.41) is 12.6. The Kier molecular flexibility index (Phi) is 1.28. The summed E-state index contributed by atoms with van der Waals surface area (Å²) in [4.78, 5) is 0. The standard InChI is InChI=1S/C9H11NO/c1-6-5-7-3-2-4-8(11)9(7)10-6/h2-4,6,10-11H,5H2,1H3. The van der Waals surface area contributed by atoms with Crippen LogP contribution in [0.25, 0.3) is 0 Å². The third kappa shape index (κ3) is 0.946. The van der Waals surface area contributed by atoms with Gasteiger partial charge in [0, 0.05) is 6.04 Å². The predicted octanol–water partition coefficient (Wildman–Crippen LogP) is 1.75. The highest BCUT2D eigenvalue weighted by molar-refractivity contribution is 5.65. The van der Waals surface area contributed by atoms with E-state index in [0.717, 1.165) is 12.1 Å². The van der Waals surface area contributed by atoms with Gasteiger partial charge in [-0.1, -0.05) is 12.1 Å². The molecular formula is C9H11NO. The summed E-state index contributed by atoms with van der Waals surface area (Å²) >= 11 is 0. The summed E-state index contributed by atoms with van der Waals surface area (Å²) in [6.07, 6.45) is 1.02. The average Bonchev–Trinajstić information content (AvgIpc) is 2.31. The Labute approximate surface area is 65.9 Å². The molecule has 1 aromatic carbocycles. The summed E-state index contributed by atoms with van der Waals surface area (Å²) < 4.78 is 0. The zero-order chi connectivity index (χ0) is 7.84. The Bertz CT molecular complexity index is 283. The predicted molar refractivity (Wildman–Crippen MR) is 44.9 cm³/mol. The van der Waals surface area contributed by atoms with Crippen LogP contribution in [0.4, 0.5) is 5.69 Å². The van der Waals surface area contributed by atoms with Crippen molar-refractivity contribution in [3.05, 3.63) is 23.8 Å². The molecule has 1 aliphatic rings. The van der Waals surface area contributed by atoms with Gasteiger partial charge in [0.05, 0.1) is 5.69 Å². The fourth-order valence-electron chi connectivity index (χ4n) is 1.55. The topological polar surface area (TPSA) is 32.3 Å². The monoisotopic (exact) mass is 149 g/mol. The van der Waals surface area contributed by atoms with Crippen LogP contribution in [0.5, 0.6) is 5.75 Å². The number of aromatic hydroxyl groups is 1. The van der Waals surface area contributed by atoms with Gasteiger partial charge in [-0.2, -0.15) is 0 Å². The van der Waals surface area contributed by atoms with E-state index in [1.165, 1.54) is 5.56 Å². The summed E-state index contributed by atoms with van der Waals surface area (Å²) in [6.45, 7) is 2.11. The smallest absolute Gasteiger partial charge is 0.138 e. The third-order valence-electron chi connectivity index (χ3n) is 2.05. The molecule has 0 saturated carbocycles. The van der Waals surface area contributed by atoms with Crippen molar-refractivity contribution in [3.63, 3.8) is 0 Å². The Morgan fingerprint density at radius 2 is 2.36 bits per heavy atom. The van der Waals surface area contributed by atoms with Gasteiger partial charge in [-0.25, -0.2) is 0 Å². The van der Waals surface area contributed by atoms with Gasteiger partial charge < -0.3 is 10.4 Å². The van der Waals surface area contributed by atoms with E-state index in [4.69, 9.17) is 0 Å². The molecule has 0 radical (unpaired) electrons. The van der Waals surface area contributed by atoms with Crippen molar-refractivity contribution in [1.29, 1.82) is 0 Å². The molecule has 0 amide bonds. The molecule has 2 N–H and O–H groups in total. The quantitative estimate of drug-likeness (QED) is 0.551. The normalized spacial score (nSPS) is 21.0. The second-order valence-electron chi connectivity index (χ2n) is 3.06. The molecular weight excluding hydrogens is 138 g/mol. The first-order valence-electron chi connectivity index (χ1n) is 3.85. The maximum absolute atomic E-state index is 9.39. The van der Waals surface area contributed by atoms with Crippen LogP contribution in [-0.4, -0.2) is 11.1 Å². The molecule has 2 heteroatoms. The summed E-state index contributed by atoms with van der Waals surface area (Å²) in [7, 11) is 0. The van der Waals surface area contributed by atoms with Crippen molar-refractivity contribution in [2.45, 2.75) is 19.4 Å². The van der Waals surface area contributed by atoms with Crippen molar-refractivity contribution < 1.29 is 5.11 Å². The zero-order valence-electron chi connectivity index (χ0n) is 6.46. The fraction of sp³-hybridized carbons (Fsp3) is 0.333. The number of fused-ring (bicyclic) bond motifs is 1. The Morgan fingerprint density at radius 1 is 1.55 bits per heavy atom. The van der Waals surface area contributed by atoms with Crippen LogP contribution in [0.2, 0.25) is 0 Å². The van der Waals surface area contributed by atoms with Gasteiger partial charge in [-0.05, 0) is 25.0 Å². The van der Waals surface area contributed by atoms with E-state index in [-0.39, 0.29) is 0 Å². The number of nitrogens with one attached hydrogen (secondary N) is 1. The number of anilines is 1. The minimum atomic E-state index is 0.367. The van der Waals surface area contributed by atoms with Gasteiger partial charge in [0.15, 0.2) is 0 Å². The molecule has 0 aliphatic carbocycles. The number of hydrogen-bond acceptors (Lipinski definition) is 2. The number of benzene rings is 1. The Morgan fingerprint density at radius 3 is 3.09 bits per heavy atom. The lowest BCUT2D eigenvalue weighted by molar-refractivity contribution is 0.477. The largest absolute Gasteiger partial charge is 0.506 e. The van der Waals surface area contributed by atoms with Gasteiger partial charge in [0.25, 0.3) is 0 Å². The highest BCUT2D eigenvalue weighted by atomic mass is 16.3. The molecule has 58 valence electrons. The minimum absolute atomic E-state index is 0.367. The molecule has 0 bridgehead atoms. The van der Waals surface area contributed by atoms with Crippen molar-refractivity contribution in [2.75, 3.05) is 5.32 Å². The van der Waals surface area contributed by atoms with Crippen LogP contribution in [0.15, 0.2) is 18.2 Å². The second-order valence-corrected chi connectivity index (χ2v) is 3.06. The van der Waals surface area contributed by atoms with E-state index >= 15 is 0 Å². The van der Waals surface area contributed by atoms with Gasteiger partial charge in [0.2, 0.25) is 0 Å². The highest BCUT2D eigenvalue weighted by Gasteiger charge is 2.18. The lowest BCUT2D eigenvalue weighted by Crippen LogP contribution is -2.08. The first-order valence-corrected chi connectivity index (χ1v) is 3.85. The number of phenols is 1. The van der Waals surface area contributed by atoms with Crippen LogP contribution < -0.4 is 5.32 Å². The van der Waals surface area contributed by atoms with Gasteiger partial charge in [0.1, 0.15) is 5.75 Å². The maximum Gasteiger partial charge on any atom is 0.138 e. The first-order chi connectivity index (χ1) is 5.27. The van der Waals surface area contributed by atoms with Crippen molar-refractivity contribution in [2.24, 2.45) is 0 Å². The fourth-order valence-corrected chi connectivity index (χ4v) is 1.55. The number of phenolic OH excluding ortho intramolecular Hbond substituents is 1. The number of rotatable bonds is 0. The van der Waals surface area contributed by atoms with Crippen LogP contribution >= 0.6 is 0 Å². The summed E-state index contributed by atoms with van der Waals surface area (Å²) in [6, 6.07) is 6.10. The number of hydrogen-bond donors (Lipinski definition) is 2. The molecule has 0 saturated heterocycles. The van der Waals surface area contributed by atoms with Crippen molar-refractivity contribution >= 4 is 5.69 Å². The van der Waals surface area contributed by atoms with E-state index < -0.39 is 0 Å². The molecule has 11 heavy (non-hydrogen) atoms. The van der Waals surface area contributed by atoms with Crippen LogP contribution in [0, 0.1) is 0 Å². The second kappa shape index (κ2) is 2.16. The van der Waals surface area contributed by atoms with Gasteiger partial charge in [-0.15, -0.1) is 0 Å². The van der Waals surface area contributed by atoms with Crippen LogP contribution in [0.1, 0.15) is 12.5 Å². The lowest BCUT2D eigenvalue weighted by atomic mass is 10.1. The highest BCUT2D eigenvalue weighted by Crippen LogP contribution is 2.33. The lowest BCUT2D eigenvalue weighted by Gasteiger charge is -2.03. The SMILES string of the molecule is CC1Cc2cccc(O)c2N1. The molecule has 0 aromatic heterocycles. The first kappa shape index (κ1) is 6.53. The minimum Gasteiger partial charge on any atom is -0.506 e. The average molecular weight is 149 g/mol. The maximum atomic E-state index is 9.39.